The molecule has 1 heterocycles. The van der Waals surface area contributed by atoms with Gasteiger partial charge in [0.05, 0.1) is 5.02 Å². The second-order valence-corrected chi connectivity index (χ2v) is 5.07. The number of carbonyl (C=O) groups excluding carboxylic acids is 1. The summed E-state index contributed by atoms with van der Waals surface area (Å²) in [6.45, 7) is 0. The first kappa shape index (κ1) is 13.0. The molecule has 4 nitrogen and oxygen atoms in total. The van der Waals surface area contributed by atoms with Gasteiger partial charge in [-0.2, -0.15) is 0 Å². The van der Waals surface area contributed by atoms with Crippen LogP contribution in [0.3, 0.4) is 0 Å². The number of hydrogen-bond donors (Lipinski definition) is 1. The van der Waals surface area contributed by atoms with Gasteiger partial charge in [0.15, 0.2) is 5.78 Å². The molecule has 1 saturated carbocycles. The van der Waals surface area contributed by atoms with Crippen LogP contribution in [0.15, 0.2) is 18.5 Å². The Morgan fingerprint density at radius 2 is 2.28 bits per heavy atom. The van der Waals surface area contributed by atoms with Crippen LogP contribution in [0.25, 0.3) is 0 Å². The number of carboxylic acid groups (broad SMARTS) is 1. The van der Waals surface area contributed by atoms with Crippen LogP contribution in [0.5, 0.6) is 0 Å². The number of ketones is 1. The maximum atomic E-state index is 12.0. The fourth-order valence-electron chi connectivity index (χ4n) is 2.45. The van der Waals surface area contributed by atoms with Crippen molar-refractivity contribution in [2.24, 2.45) is 5.41 Å². The van der Waals surface area contributed by atoms with Gasteiger partial charge in [-0.25, -0.2) is 0 Å². The smallest absolute Gasteiger partial charge is 0.317 e. The molecule has 1 unspecified atom stereocenters. The van der Waals surface area contributed by atoms with Crippen molar-refractivity contribution < 1.29 is 14.7 Å². The van der Waals surface area contributed by atoms with Crippen LogP contribution < -0.4 is 0 Å². The molecule has 0 bridgehead atoms. The van der Waals surface area contributed by atoms with Crippen molar-refractivity contribution in [3.8, 4) is 0 Å². The minimum absolute atomic E-state index is 0.155. The van der Waals surface area contributed by atoms with E-state index in [-0.39, 0.29) is 12.2 Å². The highest BCUT2D eigenvalue weighted by atomic mass is 35.5. The molecule has 1 N–H and O–H groups in total. The van der Waals surface area contributed by atoms with Crippen LogP contribution in [-0.2, 0) is 16.0 Å². The topological polar surface area (TPSA) is 67.3 Å². The van der Waals surface area contributed by atoms with Gasteiger partial charge in [0.1, 0.15) is 5.41 Å². The number of Topliss-reactive ketones (excluding diaryl/α,β-unsaturated/α-hetero) is 1. The second kappa shape index (κ2) is 5.06. The van der Waals surface area contributed by atoms with Crippen LogP contribution in [-0.4, -0.2) is 21.8 Å². The first-order chi connectivity index (χ1) is 8.56. The van der Waals surface area contributed by atoms with E-state index in [4.69, 9.17) is 11.6 Å². The average molecular weight is 268 g/mol. The third-order valence-electron chi connectivity index (χ3n) is 3.55. The molecule has 1 aromatic rings. The summed E-state index contributed by atoms with van der Waals surface area (Å²) in [6.07, 6.45) is 5.46. The number of carbonyl (C=O) groups is 2. The van der Waals surface area contributed by atoms with Gasteiger partial charge in [0, 0.05) is 18.8 Å². The summed E-state index contributed by atoms with van der Waals surface area (Å²) in [5.74, 6) is -1.23. The molecule has 18 heavy (non-hydrogen) atoms. The number of aliphatic carboxylic acids is 1. The van der Waals surface area contributed by atoms with Gasteiger partial charge in [-0.3, -0.25) is 14.6 Å². The summed E-state index contributed by atoms with van der Waals surface area (Å²) in [5, 5.41) is 9.85. The van der Waals surface area contributed by atoms with Crippen molar-refractivity contribution in [1.82, 2.24) is 4.98 Å². The van der Waals surface area contributed by atoms with Gasteiger partial charge in [0.25, 0.3) is 0 Å². The molecular formula is C13H14ClNO3. The van der Waals surface area contributed by atoms with Crippen LogP contribution in [0.1, 0.15) is 31.2 Å². The predicted molar refractivity (Wildman–Crippen MR) is 66.5 cm³/mol. The van der Waals surface area contributed by atoms with Gasteiger partial charge in [0.2, 0.25) is 0 Å². The highest BCUT2D eigenvalue weighted by molar-refractivity contribution is 6.31. The minimum Gasteiger partial charge on any atom is -0.480 e. The Kier molecular flexibility index (Phi) is 3.66. The van der Waals surface area contributed by atoms with Crippen LogP contribution in [0.4, 0.5) is 0 Å². The van der Waals surface area contributed by atoms with Gasteiger partial charge in [-0.05, 0) is 30.9 Å². The Hall–Kier alpha value is -1.42. The minimum atomic E-state index is -1.30. The number of pyridine rings is 1. The standard InChI is InChI=1S/C13H14ClNO3/c14-10-8-15-6-4-9(10)7-13(12(17)18)5-2-1-3-11(13)16/h4,6,8H,1-3,5,7H2,(H,17,18). The summed E-state index contributed by atoms with van der Waals surface area (Å²) in [6, 6.07) is 1.68. The molecule has 1 fully saturated rings. The molecule has 0 radical (unpaired) electrons. The lowest BCUT2D eigenvalue weighted by atomic mass is 9.69. The van der Waals surface area contributed by atoms with Crippen molar-refractivity contribution in [2.45, 2.75) is 32.1 Å². The van der Waals surface area contributed by atoms with Gasteiger partial charge in [-0.15, -0.1) is 0 Å². The van der Waals surface area contributed by atoms with E-state index in [1.165, 1.54) is 6.20 Å². The number of rotatable bonds is 3. The van der Waals surface area contributed by atoms with Crippen LogP contribution in [0.2, 0.25) is 5.02 Å². The number of carboxylic acids is 1. The van der Waals surface area contributed by atoms with E-state index in [2.05, 4.69) is 4.98 Å². The number of aromatic nitrogens is 1. The molecule has 1 atom stereocenters. The monoisotopic (exact) mass is 267 g/mol. The number of nitrogens with zero attached hydrogens (tertiary/aromatic N) is 1. The number of halogens is 1. The average Bonchev–Trinajstić information content (AvgIpc) is 2.34. The van der Waals surface area contributed by atoms with E-state index in [9.17, 15) is 14.7 Å². The molecular weight excluding hydrogens is 254 g/mol. The highest BCUT2D eigenvalue weighted by Gasteiger charge is 2.47. The Labute approximate surface area is 110 Å². The highest BCUT2D eigenvalue weighted by Crippen LogP contribution is 2.38. The lowest BCUT2D eigenvalue weighted by molar-refractivity contribution is -0.157. The maximum absolute atomic E-state index is 12.0. The molecule has 1 aliphatic carbocycles. The van der Waals surface area contributed by atoms with E-state index in [1.54, 1.807) is 12.3 Å². The fourth-order valence-corrected chi connectivity index (χ4v) is 2.64. The van der Waals surface area contributed by atoms with E-state index in [0.29, 0.717) is 23.4 Å². The molecule has 0 saturated heterocycles. The van der Waals surface area contributed by atoms with E-state index in [0.717, 1.165) is 12.8 Å². The van der Waals surface area contributed by atoms with Crippen molar-refractivity contribution in [1.29, 1.82) is 0 Å². The zero-order valence-electron chi connectivity index (χ0n) is 9.86. The Bertz CT molecular complexity index is 489. The van der Waals surface area contributed by atoms with Crippen molar-refractivity contribution in [3.05, 3.63) is 29.0 Å². The zero-order chi connectivity index (χ0) is 13.2. The van der Waals surface area contributed by atoms with E-state index in [1.807, 2.05) is 0 Å². The van der Waals surface area contributed by atoms with E-state index < -0.39 is 11.4 Å². The second-order valence-electron chi connectivity index (χ2n) is 4.66. The first-order valence-corrected chi connectivity index (χ1v) is 6.29. The van der Waals surface area contributed by atoms with Crippen molar-refractivity contribution in [3.63, 3.8) is 0 Å². The van der Waals surface area contributed by atoms with Crippen LogP contribution >= 0.6 is 11.6 Å². The maximum Gasteiger partial charge on any atom is 0.317 e. The molecule has 1 aliphatic rings. The van der Waals surface area contributed by atoms with E-state index >= 15 is 0 Å². The summed E-state index contributed by atoms with van der Waals surface area (Å²) in [4.78, 5) is 27.4. The lowest BCUT2D eigenvalue weighted by Gasteiger charge is -2.31. The quantitative estimate of drug-likeness (QED) is 0.855. The molecule has 96 valence electrons. The third kappa shape index (κ3) is 2.25. The predicted octanol–water partition coefficient (Wildman–Crippen LogP) is 2.49. The van der Waals surface area contributed by atoms with Gasteiger partial charge in [-0.1, -0.05) is 18.0 Å². The summed E-state index contributed by atoms with van der Waals surface area (Å²) in [7, 11) is 0. The summed E-state index contributed by atoms with van der Waals surface area (Å²) >= 11 is 5.99. The van der Waals surface area contributed by atoms with Gasteiger partial charge < -0.3 is 5.11 Å². The molecule has 0 amide bonds. The largest absolute Gasteiger partial charge is 0.480 e. The summed E-state index contributed by atoms with van der Waals surface area (Å²) < 4.78 is 0. The fraction of sp³-hybridized carbons (Fsp3) is 0.462. The lowest BCUT2D eigenvalue weighted by Crippen LogP contribution is -2.43. The Morgan fingerprint density at radius 3 is 2.89 bits per heavy atom. The molecule has 0 aliphatic heterocycles. The van der Waals surface area contributed by atoms with Crippen LogP contribution in [0, 0.1) is 5.41 Å². The molecule has 0 spiro atoms. The first-order valence-electron chi connectivity index (χ1n) is 5.91. The number of hydrogen-bond acceptors (Lipinski definition) is 3. The third-order valence-corrected chi connectivity index (χ3v) is 3.89. The summed E-state index contributed by atoms with van der Waals surface area (Å²) in [5.41, 5.74) is -0.632. The Balaban J connectivity index is 2.35. The van der Waals surface area contributed by atoms with Gasteiger partial charge >= 0.3 is 5.97 Å². The zero-order valence-corrected chi connectivity index (χ0v) is 10.6. The van der Waals surface area contributed by atoms with Crippen molar-refractivity contribution >= 4 is 23.4 Å². The SMILES string of the molecule is O=C(O)C1(Cc2ccncc2Cl)CCCCC1=O. The molecule has 2 rings (SSSR count). The molecule has 0 aromatic carbocycles. The van der Waals surface area contributed by atoms with Crippen molar-refractivity contribution in [2.75, 3.05) is 0 Å². The molecule has 5 heteroatoms. The molecule has 1 aromatic heterocycles. The Morgan fingerprint density at radius 1 is 1.50 bits per heavy atom. The normalized spacial score (nSPS) is 23.9.